The van der Waals surface area contributed by atoms with Crippen LogP contribution < -0.4 is 19.1 Å². The third kappa shape index (κ3) is 6.66. The fourth-order valence-electron chi connectivity index (χ4n) is 3.67. The minimum Gasteiger partial charge on any atom is -0.486 e. The maximum atomic E-state index is 13.6. The Balaban J connectivity index is 1.93. The van der Waals surface area contributed by atoms with Crippen molar-refractivity contribution in [3.05, 3.63) is 54.1 Å². The molecule has 2 aromatic rings. The van der Waals surface area contributed by atoms with Crippen molar-refractivity contribution < 1.29 is 27.5 Å². The number of sulfonamides is 1. The van der Waals surface area contributed by atoms with Gasteiger partial charge in [0, 0.05) is 18.7 Å². The van der Waals surface area contributed by atoms with Crippen LogP contribution in [0.5, 0.6) is 11.5 Å². The normalized spacial score (nSPS) is 13.7. The van der Waals surface area contributed by atoms with Gasteiger partial charge in [0.25, 0.3) is 0 Å². The second-order valence-corrected chi connectivity index (χ2v) is 10.8. The van der Waals surface area contributed by atoms with E-state index in [2.05, 4.69) is 5.32 Å². The lowest BCUT2D eigenvalue weighted by Crippen LogP contribution is -2.52. The molecule has 0 fully saturated rings. The molecule has 10 heteroatoms. The van der Waals surface area contributed by atoms with E-state index in [4.69, 9.17) is 9.47 Å². The Morgan fingerprint density at radius 3 is 2.29 bits per heavy atom. The third-order valence-corrected chi connectivity index (χ3v) is 7.33. The van der Waals surface area contributed by atoms with Crippen molar-refractivity contribution >= 4 is 27.5 Å². The van der Waals surface area contributed by atoms with E-state index >= 15 is 0 Å². The van der Waals surface area contributed by atoms with Crippen LogP contribution in [0.2, 0.25) is 0 Å². The molecule has 0 radical (unpaired) electrons. The molecule has 0 saturated heterocycles. The fraction of sp³-hybridized carbons (Fsp3) is 0.440. The molecule has 0 spiro atoms. The van der Waals surface area contributed by atoms with Crippen LogP contribution in [0.1, 0.15) is 33.3 Å². The standard InChI is InChI=1S/C25H33N3O6S/c1-5-35(31,32)28(21-11-12-22-23(15-21)34-14-13-33-22)17-24(29)27(16-20-9-7-6-8-10-20)19(4)25(30)26-18(2)3/h6-12,15,18-19H,5,13-14,16-17H2,1-4H3,(H,26,30)/t19-/m1/s1. The SMILES string of the molecule is CCS(=O)(=O)N(CC(=O)N(Cc1ccccc1)[C@H](C)C(=O)NC(C)C)c1ccc2c(c1)OCCO2. The smallest absolute Gasteiger partial charge is 0.244 e. The van der Waals surface area contributed by atoms with Gasteiger partial charge in [0.05, 0.1) is 11.4 Å². The second-order valence-electron chi connectivity index (χ2n) is 8.58. The number of ether oxygens (including phenoxy) is 2. The average Bonchev–Trinajstić information content (AvgIpc) is 2.85. The molecule has 2 amide bonds. The van der Waals surface area contributed by atoms with Crippen molar-refractivity contribution in [1.82, 2.24) is 10.2 Å². The largest absolute Gasteiger partial charge is 0.486 e. The Kier molecular flexibility index (Phi) is 8.61. The van der Waals surface area contributed by atoms with E-state index in [0.29, 0.717) is 30.4 Å². The van der Waals surface area contributed by atoms with Gasteiger partial charge in [-0.05, 0) is 45.4 Å². The molecule has 1 aliphatic heterocycles. The summed E-state index contributed by atoms with van der Waals surface area (Å²) in [5.41, 5.74) is 1.12. The lowest BCUT2D eigenvalue weighted by molar-refractivity contribution is -0.139. The number of hydrogen-bond donors (Lipinski definition) is 1. The van der Waals surface area contributed by atoms with Gasteiger partial charge in [0.1, 0.15) is 25.8 Å². The molecule has 9 nitrogen and oxygen atoms in total. The highest BCUT2D eigenvalue weighted by Crippen LogP contribution is 2.35. The number of fused-ring (bicyclic) bond motifs is 1. The molecule has 1 atom stereocenters. The second kappa shape index (κ2) is 11.4. The van der Waals surface area contributed by atoms with Crippen molar-refractivity contribution in [2.24, 2.45) is 0 Å². The molecule has 190 valence electrons. The molecule has 1 heterocycles. The van der Waals surface area contributed by atoms with Gasteiger partial charge in [-0.3, -0.25) is 13.9 Å². The van der Waals surface area contributed by atoms with Gasteiger partial charge in [-0.2, -0.15) is 0 Å². The first-order valence-electron chi connectivity index (χ1n) is 11.7. The van der Waals surface area contributed by atoms with E-state index in [9.17, 15) is 18.0 Å². The van der Waals surface area contributed by atoms with E-state index in [1.165, 1.54) is 11.8 Å². The summed E-state index contributed by atoms with van der Waals surface area (Å²) in [5.74, 6) is -0.0644. The molecule has 0 unspecified atom stereocenters. The molecule has 0 aromatic heterocycles. The molecule has 35 heavy (non-hydrogen) atoms. The molecule has 1 aliphatic rings. The van der Waals surface area contributed by atoms with E-state index in [-0.39, 0.29) is 24.2 Å². The number of nitrogens with zero attached hydrogens (tertiary/aromatic N) is 2. The number of hydrogen-bond acceptors (Lipinski definition) is 6. The molecule has 0 saturated carbocycles. The van der Waals surface area contributed by atoms with Crippen LogP contribution in [0.25, 0.3) is 0 Å². The van der Waals surface area contributed by atoms with Crippen LogP contribution in [-0.2, 0) is 26.2 Å². The number of rotatable bonds is 10. The van der Waals surface area contributed by atoms with Crippen LogP contribution in [0.3, 0.4) is 0 Å². The highest BCUT2D eigenvalue weighted by Gasteiger charge is 2.31. The van der Waals surface area contributed by atoms with E-state index in [1.54, 1.807) is 25.1 Å². The van der Waals surface area contributed by atoms with Gasteiger partial charge in [0.2, 0.25) is 21.8 Å². The first-order valence-corrected chi connectivity index (χ1v) is 13.3. The first-order chi connectivity index (χ1) is 16.6. The highest BCUT2D eigenvalue weighted by atomic mass is 32.2. The van der Waals surface area contributed by atoms with Gasteiger partial charge >= 0.3 is 0 Å². The quantitative estimate of drug-likeness (QED) is 0.534. The Labute approximate surface area is 207 Å². The molecule has 3 rings (SSSR count). The van der Waals surface area contributed by atoms with Crippen LogP contribution in [0.4, 0.5) is 5.69 Å². The highest BCUT2D eigenvalue weighted by molar-refractivity contribution is 7.92. The van der Waals surface area contributed by atoms with Crippen molar-refractivity contribution in [3.63, 3.8) is 0 Å². The summed E-state index contributed by atoms with van der Waals surface area (Å²) < 4.78 is 38.3. The number of carbonyl (C=O) groups is 2. The van der Waals surface area contributed by atoms with Crippen molar-refractivity contribution in [1.29, 1.82) is 0 Å². The number of anilines is 1. The van der Waals surface area contributed by atoms with Crippen LogP contribution >= 0.6 is 0 Å². The topological polar surface area (TPSA) is 105 Å². The minimum absolute atomic E-state index is 0.103. The number of nitrogens with one attached hydrogen (secondary N) is 1. The molecular formula is C25H33N3O6S. The monoisotopic (exact) mass is 503 g/mol. The summed E-state index contributed by atoms with van der Waals surface area (Å²) >= 11 is 0. The zero-order chi connectivity index (χ0) is 25.6. The molecule has 0 bridgehead atoms. The predicted molar refractivity (Wildman–Crippen MR) is 134 cm³/mol. The summed E-state index contributed by atoms with van der Waals surface area (Å²) in [7, 11) is -3.82. The van der Waals surface area contributed by atoms with Gasteiger partial charge in [-0.1, -0.05) is 30.3 Å². The molecule has 0 aliphatic carbocycles. The van der Waals surface area contributed by atoms with Crippen LogP contribution in [0.15, 0.2) is 48.5 Å². The Morgan fingerprint density at radius 1 is 1.00 bits per heavy atom. The van der Waals surface area contributed by atoms with Crippen molar-refractivity contribution in [2.45, 2.75) is 46.3 Å². The summed E-state index contributed by atoms with van der Waals surface area (Å²) in [5, 5.41) is 2.83. The maximum absolute atomic E-state index is 13.6. The first kappa shape index (κ1) is 26.3. The van der Waals surface area contributed by atoms with Gasteiger partial charge in [-0.15, -0.1) is 0 Å². The average molecular weight is 504 g/mol. The molecule has 2 aromatic carbocycles. The van der Waals surface area contributed by atoms with E-state index in [1.807, 2.05) is 44.2 Å². The predicted octanol–water partition coefficient (Wildman–Crippen LogP) is 2.56. The Morgan fingerprint density at radius 2 is 1.66 bits per heavy atom. The van der Waals surface area contributed by atoms with Gasteiger partial charge < -0.3 is 19.7 Å². The van der Waals surface area contributed by atoms with Crippen molar-refractivity contribution in [2.75, 3.05) is 29.8 Å². The number of benzene rings is 2. The van der Waals surface area contributed by atoms with Gasteiger partial charge in [0.15, 0.2) is 11.5 Å². The minimum atomic E-state index is -3.82. The molecule has 1 N–H and O–H groups in total. The van der Waals surface area contributed by atoms with Crippen LogP contribution in [0, 0.1) is 0 Å². The zero-order valence-electron chi connectivity index (χ0n) is 20.6. The van der Waals surface area contributed by atoms with Gasteiger partial charge in [-0.25, -0.2) is 8.42 Å². The Hall–Kier alpha value is -3.27. The summed E-state index contributed by atoms with van der Waals surface area (Å²) in [4.78, 5) is 27.8. The fourth-order valence-corrected chi connectivity index (χ4v) is 4.73. The summed E-state index contributed by atoms with van der Waals surface area (Å²) in [6.07, 6.45) is 0. The lowest BCUT2D eigenvalue weighted by atomic mass is 10.1. The summed E-state index contributed by atoms with van der Waals surface area (Å²) in [6.45, 7) is 7.30. The number of carbonyl (C=O) groups excluding carboxylic acids is 2. The Bertz CT molecular complexity index is 1140. The van der Waals surface area contributed by atoms with Crippen molar-refractivity contribution in [3.8, 4) is 11.5 Å². The summed E-state index contributed by atoms with van der Waals surface area (Å²) in [6, 6.07) is 13.1. The third-order valence-electron chi connectivity index (χ3n) is 5.59. The van der Waals surface area contributed by atoms with Crippen LogP contribution in [-0.4, -0.2) is 62.7 Å². The maximum Gasteiger partial charge on any atom is 0.244 e. The lowest BCUT2D eigenvalue weighted by Gasteiger charge is -2.32. The molecular weight excluding hydrogens is 470 g/mol. The van der Waals surface area contributed by atoms with E-state index in [0.717, 1.165) is 9.87 Å². The van der Waals surface area contributed by atoms with E-state index < -0.39 is 28.5 Å². The zero-order valence-corrected chi connectivity index (χ0v) is 21.4. The number of amides is 2.